The van der Waals surface area contributed by atoms with Crippen LogP contribution in [0, 0.1) is 12.3 Å². The summed E-state index contributed by atoms with van der Waals surface area (Å²) in [5.41, 5.74) is 1.10. The fourth-order valence-corrected chi connectivity index (χ4v) is 2.60. The Morgan fingerprint density at radius 1 is 1.29 bits per heavy atom. The highest BCUT2D eigenvalue weighted by atomic mass is 32.1. The summed E-state index contributed by atoms with van der Waals surface area (Å²) in [6.07, 6.45) is 8.31. The minimum absolute atomic E-state index is 0.857. The lowest BCUT2D eigenvalue weighted by Crippen LogP contribution is -2.14. The Balaban J connectivity index is 1.77. The van der Waals surface area contributed by atoms with E-state index < -0.39 is 0 Å². The number of para-hydroxylation sites is 1. The molecule has 1 aromatic heterocycles. The number of hydrogen-bond donors (Lipinski definition) is 1. The predicted octanol–water partition coefficient (Wildman–Crippen LogP) is 3.19. The van der Waals surface area contributed by atoms with E-state index >= 15 is 0 Å². The van der Waals surface area contributed by atoms with E-state index in [1.165, 1.54) is 4.70 Å². The maximum Gasteiger partial charge on any atom is 0.108 e. The lowest BCUT2D eigenvalue weighted by atomic mass is 10.2. The van der Waals surface area contributed by atoms with Crippen LogP contribution in [-0.2, 0) is 6.54 Å². The van der Waals surface area contributed by atoms with Crippen molar-refractivity contribution in [2.45, 2.75) is 25.8 Å². The smallest absolute Gasteiger partial charge is 0.108 e. The lowest BCUT2D eigenvalue weighted by Gasteiger charge is -2.00. The van der Waals surface area contributed by atoms with E-state index in [1.807, 2.05) is 6.07 Å². The Bertz CT molecular complexity index is 477. The van der Waals surface area contributed by atoms with Crippen molar-refractivity contribution in [1.82, 2.24) is 10.3 Å². The van der Waals surface area contributed by atoms with Gasteiger partial charge in [-0.2, -0.15) is 0 Å². The van der Waals surface area contributed by atoms with Gasteiger partial charge in [-0.1, -0.05) is 12.1 Å². The Morgan fingerprint density at radius 3 is 3.00 bits per heavy atom. The van der Waals surface area contributed by atoms with Crippen LogP contribution in [-0.4, -0.2) is 11.5 Å². The molecule has 0 unspecified atom stereocenters. The van der Waals surface area contributed by atoms with E-state index in [2.05, 4.69) is 34.4 Å². The molecular weight excluding hydrogens is 228 g/mol. The highest BCUT2D eigenvalue weighted by molar-refractivity contribution is 7.18. The van der Waals surface area contributed by atoms with Crippen molar-refractivity contribution in [3.63, 3.8) is 0 Å². The van der Waals surface area contributed by atoms with Gasteiger partial charge in [-0.25, -0.2) is 4.98 Å². The fraction of sp³-hybridized carbons (Fsp3) is 0.357. The van der Waals surface area contributed by atoms with Gasteiger partial charge in [-0.05, 0) is 31.5 Å². The molecule has 0 amide bonds. The van der Waals surface area contributed by atoms with Crippen molar-refractivity contribution < 1.29 is 0 Å². The quantitative estimate of drug-likeness (QED) is 0.623. The highest BCUT2D eigenvalue weighted by Crippen LogP contribution is 2.21. The number of thiazole rings is 1. The zero-order chi connectivity index (χ0) is 11.9. The van der Waals surface area contributed by atoms with Crippen LogP contribution < -0.4 is 5.32 Å². The van der Waals surface area contributed by atoms with Gasteiger partial charge in [0, 0.05) is 13.0 Å². The Hall–Kier alpha value is -1.37. The molecule has 2 rings (SSSR count). The van der Waals surface area contributed by atoms with Crippen molar-refractivity contribution in [3.05, 3.63) is 29.3 Å². The number of aromatic nitrogens is 1. The number of fused-ring (bicyclic) bond motifs is 1. The van der Waals surface area contributed by atoms with E-state index in [0.29, 0.717) is 0 Å². The third kappa shape index (κ3) is 3.55. The Labute approximate surface area is 106 Å². The van der Waals surface area contributed by atoms with Crippen molar-refractivity contribution in [1.29, 1.82) is 0 Å². The number of rotatable bonds is 6. The molecule has 17 heavy (non-hydrogen) atoms. The van der Waals surface area contributed by atoms with Crippen LogP contribution in [0.5, 0.6) is 0 Å². The minimum atomic E-state index is 0.857. The standard InChI is InChI=1S/C14H16N2S/c1-2-3-4-7-10-15-11-14-16-12-8-5-6-9-13(12)17-14/h1,5-6,8-9,15H,3-4,7,10-11H2. The molecule has 0 atom stereocenters. The SMILES string of the molecule is C#CCCCCNCc1nc2ccccc2s1. The molecule has 1 heterocycles. The van der Waals surface area contributed by atoms with Crippen molar-refractivity contribution in [2.24, 2.45) is 0 Å². The van der Waals surface area contributed by atoms with E-state index in [0.717, 1.165) is 42.9 Å². The van der Waals surface area contributed by atoms with E-state index in [-0.39, 0.29) is 0 Å². The largest absolute Gasteiger partial charge is 0.310 e. The first-order valence-corrected chi connectivity index (χ1v) is 6.70. The number of unbranched alkanes of at least 4 members (excludes halogenated alkanes) is 2. The van der Waals surface area contributed by atoms with Crippen molar-refractivity contribution in [3.8, 4) is 12.3 Å². The molecule has 0 saturated heterocycles. The third-order valence-electron chi connectivity index (χ3n) is 2.54. The van der Waals surface area contributed by atoms with Crippen LogP contribution in [0.2, 0.25) is 0 Å². The zero-order valence-electron chi connectivity index (χ0n) is 9.78. The second-order valence-electron chi connectivity index (χ2n) is 3.91. The summed E-state index contributed by atoms with van der Waals surface area (Å²) in [5, 5.41) is 4.56. The molecule has 0 aliphatic heterocycles. The second kappa shape index (κ2) is 6.39. The van der Waals surface area contributed by atoms with Gasteiger partial charge in [0.25, 0.3) is 0 Å². The molecule has 0 saturated carbocycles. The van der Waals surface area contributed by atoms with Crippen LogP contribution in [0.15, 0.2) is 24.3 Å². The van der Waals surface area contributed by atoms with Gasteiger partial charge in [0.15, 0.2) is 0 Å². The number of nitrogens with one attached hydrogen (secondary N) is 1. The molecule has 0 aliphatic rings. The van der Waals surface area contributed by atoms with E-state index in [4.69, 9.17) is 6.42 Å². The average molecular weight is 244 g/mol. The first-order chi connectivity index (χ1) is 8.40. The topological polar surface area (TPSA) is 24.9 Å². The number of hydrogen-bond acceptors (Lipinski definition) is 3. The van der Waals surface area contributed by atoms with Gasteiger partial charge in [0.1, 0.15) is 5.01 Å². The summed E-state index contributed by atoms with van der Waals surface area (Å²) >= 11 is 1.76. The number of benzene rings is 1. The molecule has 0 spiro atoms. The molecular formula is C14H16N2S. The monoisotopic (exact) mass is 244 g/mol. The van der Waals surface area contributed by atoms with Crippen LogP contribution >= 0.6 is 11.3 Å². The summed E-state index contributed by atoms with van der Waals surface area (Å²) < 4.78 is 1.26. The van der Waals surface area contributed by atoms with Crippen molar-refractivity contribution in [2.75, 3.05) is 6.54 Å². The van der Waals surface area contributed by atoms with Gasteiger partial charge >= 0.3 is 0 Å². The van der Waals surface area contributed by atoms with Gasteiger partial charge in [0.2, 0.25) is 0 Å². The molecule has 0 fully saturated rings. The van der Waals surface area contributed by atoms with Gasteiger partial charge < -0.3 is 5.32 Å². The molecule has 88 valence electrons. The number of terminal acetylenes is 1. The first kappa shape index (κ1) is 12.1. The Kier molecular flexibility index (Phi) is 4.54. The maximum absolute atomic E-state index is 5.20. The van der Waals surface area contributed by atoms with Crippen LogP contribution in [0.25, 0.3) is 10.2 Å². The fourth-order valence-electron chi connectivity index (χ4n) is 1.67. The van der Waals surface area contributed by atoms with Crippen LogP contribution in [0.1, 0.15) is 24.3 Å². The van der Waals surface area contributed by atoms with E-state index in [9.17, 15) is 0 Å². The van der Waals surface area contributed by atoms with Crippen LogP contribution in [0.4, 0.5) is 0 Å². The molecule has 2 nitrogen and oxygen atoms in total. The average Bonchev–Trinajstić information content (AvgIpc) is 2.76. The van der Waals surface area contributed by atoms with Gasteiger partial charge in [-0.15, -0.1) is 23.7 Å². The van der Waals surface area contributed by atoms with Gasteiger partial charge in [0.05, 0.1) is 10.2 Å². The second-order valence-corrected chi connectivity index (χ2v) is 5.03. The van der Waals surface area contributed by atoms with Crippen molar-refractivity contribution >= 4 is 21.6 Å². The molecule has 2 aromatic rings. The summed E-state index contributed by atoms with van der Waals surface area (Å²) in [7, 11) is 0. The normalized spacial score (nSPS) is 10.5. The van der Waals surface area contributed by atoms with Crippen LogP contribution in [0.3, 0.4) is 0 Å². The summed E-state index contributed by atoms with van der Waals surface area (Å²) in [5.74, 6) is 2.66. The molecule has 3 heteroatoms. The maximum atomic E-state index is 5.20. The molecule has 0 bridgehead atoms. The minimum Gasteiger partial charge on any atom is -0.310 e. The highest BCUT2D eigenvalue weighted by Gasteiger charge is 2.01. The first-order valence-electron chi connectivity index (χ1n) is 5.89. The molecule has 1 N–H and O–H groups in total. The van der Waals surface area contributed by atoms with E-state index in [1.54, 1.807) is 11.3 Å². The summed E-state index contributed by atoms with van der Waals surface area (Å²) in [4.78, 5) is 4.57. The molecule has 0 radical (unpaired) electrons. The number of nitrogens with zero attached hydrogens (tertiary/aromatic N) is 1. The molecule has 1 aromatic carbocycles. The third-order valence-corrected chi connectivity index (χ3v) is 3.58. The summed E-state index contributed by atoms with van der Waals surface area (Å²) in [6, 6.07) is 8.25. The molecule has 0 aliphatic carbocycles. The predicted molar refractivity (Wildman–Crippen MR) is 74.0 cm³/mol. The van der Waals surface area contributed by atoms with Gasteiger partial charge in [-0.3, -0.25) is 0 Å². The Morgan fingerprint density at radius 2 is 2.18 bits per heavy atom. The zero-order valence-corrected chi connectivity index (χ0v) is 10.6. The summed E-state index contributed by atoms with van der Waals surface area (Å²) in [6.45, 7) is 1.87. The lowest BCUT2D eigenvalue weighted by molar-refractivity contribution is 0.628.